The molecule has 0 saturated heterocycles. The van der Waals surface area contributed by atoms with E-state index in [1.165, 1.54) is 15.6 Å². The van der Waals surface area contributed by atoms with E-state index in [9.17, 15) is 8.42 Å². The van der Waals surface area contributed by atoms with Gasteiger partial charge in [-0.1, -0.05) is 66.2 Å². The summed E-state index contributed by atoms with van der Waals surface area (Å²) in [5, 5.41) is 3.34. The number of benzene rings is 3. The molecule has 1 heterocycles. The third-order valence-corrected chi connectivity index (χ3v) is 7.55. The molecule has 4 rings (SSSR count). The van der Waals surface area contributed by atoms with Gasteiger partial charge >= 0.3 is 0 Å². The van der Waals surface area contributed by atoms with Crippen molar-refractivity contribution in [1.82, 2.24) is 4.72 Å². The number of aryl methyl sites for hydroxylation is 1. The number of hydrogen-bond acceptors (Lipinski definition) is 3. The Bertz CT molecular complexity index is 1200. The number of nitrogens with one attached hydrogen (secondary N) is 1. The summed E-state index contributed by atoms with van der Waals surface area (Å²) >= 11 is 1.70. The maximum atomic E-state index is 13.0. The average molecular weight is 422 g/mol. The Morgan fingerprint density at radius 3 is 2.31 bits per heavy atom. The minimum atomic E-state index is -3.60. The molecule has 5 heteroatoms. The second-order valence-electron chi connectivity index (χ2n) is 7.28. The minimum Gasteiger partial charge on any atom is -0.207 e. The molecule has 1 unspecified atom stereocenters. The highest BCUT2D eigenvalue weighted by atomic mass is 32.2. The van der Waals surface area contributed by atoms with Gasteiger partial charge in [0, 0.05) is 10.7 Å². The van der Waals surface area contributed by atoms with E-state index in [0.717, 1.165) is 11.1 Å². The Morgan fingerprint density at radius 1 is 0.862 bits per heavy atom. The quantitative estimate of drug-likeness (QED) is 0.438. The lowest BCUT2D eigenvalue weighted by molar-refractivity contribution is 0.544. The predicted molar refractivity (Wildman–Crippen MR) is 121 cm³/mol. The van der Waals surface area contributed by atoms with Gasteiger partial charge in [-0.2, -0.15) is 0 Å². The summed E-state index contributed by atoms with van der Waals surface area (Å²) in [6.45, 7) is 1.95. The number of hydrogen-bond donors (Lipinski definition) is 1. The van der Waals surface area contributed by atoms with Crippen LogP contribution in [0, 0.1) is 6.92 Å². The van der Waals surface area contributed by atoms with Crippen molar-refractivity contribution >= 4 is 31.4 Å². The van der Waals surface area contributed by atoms with Crippen molar-refractivity contribution in [2.24, 2.45) is 0 Å². The summed E-state index contributed by atoms with van der Waals surface area (Å²) in [6.07, 6.45) is 1.28. The van der Waals surface area contributed by atoms with Gasteiger partial charge in [0.1, 0.15) is 0 Å². The lowest BCUT2D eigenvalue weighted by Crippen LogP contribution is -2.38. The molecular formula is C24H23NO2S2. The summed E-state index contributed by atoms with van der Waals surface area (Å²) in [5.74, 6) is 0. The Labute approximate surface area is 176 Å². The monoisotopic (exact) mass is 421 g/mol. The van der Waals surface area contributed by atoms with E-state index in [2.05, 4.69) is 22.2 Å². The van der Waals surface area contributed by atoms with Gasteiger partial charge in [0.15, 0.2) is 0 Å². The SMILES string of the molecule is Cc1ccc(S(=O)(=O)NC(Cc2ccccc2)Cc2csc3ccccc23)cc1. The molecule has 1 N–H and O–H groups in total. The van der Waals surface area contributed by atoms with Crippen LogP contribution < -0.4 is 4.72 Å². The Balaban J connectivity index is 1.63. The predicted octanol–water partition coefficient (Wildman–Crippen LogP) is 5.34. The fourth-order valence-electron chi connectivity index (χ4n) is 3.52. The first kappa shape index (κ1) is 19.8. The van der Waals surface area contributed by atoms with E-state index in [4.69, 9.17) is 0 Å². The van der Waals surface area contributed by atoms with Crippen LogP contribution in [0.5, 0.6) is 0 Å². The Morgan fingerprint density at radius 2 is 1.55 bits per heavy atom. The summed E-state index contributed by atoms with van der Waals surface area (Å²) in [5.41, 5.74) is 3.33. The van der Waals surface area contributed by atoms with Gasteiger partial charge in [0.2, 0.25) is 10.0 Å². The summed E-state index contributed by atoms with van der Waals surface area (Å²) in [4.78, 5) is 0.302. The molecule has 1 atom stereocenters. The van der Waals surface area contributed by atoms with Crippen molar-refractivity contribution in [3.05, 3.63) is 101 Å². The van der Waals surface area contributed by atoms with Crippen molar-refractivity contribution in [2.75, 3.05) is 0 Å². The van der Waals surface area contributed by atoms with Crippen LogP contribution >= 0.6 is 11.3 Å². The zero-order valence-electron chi connectivity index (χ0n) is 16.2. The van der Waals surface area contributed by atoms with Crippen LogP contribution in [0.3, 0.4) is 0 Å². The smallest absolute Gasteiger partial charge is 0.207 e. The number of sulfonamides is 1. The fourth-order valence-corrected chi connectivity index (χ4v) is 5.73. The van der Waals surface area contributed by atoms with Gasteiger partial charge in [-0.05, 0) is 59.9 Å². The molecule has 0 amide bonds. The molecule has 0 aliphatic carbocycles. The van der Waals surface area contributed by atoms with E-state index < -0.39 is 10.0 Å². The van der Waals surface area contributed by atoms with Gasteiger partial charge in [0.25, 0.3) is 0 Å². The fraction of sp³-hybridized carbons (Fsp3) is 0.167. The maximum Gasteiger partial charge on any atom is 0.240 e. The average Bonchev–Trinajstić information content (AvgIpc) is 3.12. The first-order valence-electron chi connectivity index (χ1n) is 9.59. The number of rotatable bonds is 7. The molecule has 0 aliphatic rings. The second-order valence-corrected chi connectivity index (χ2v) is 9.91. The molecule has 148 valence electrons. The van der Waals surface area contributed by atoms with Gasteiger partial charge < -0.3 is 0 Å². The van der Waals surface area contributed by atoms with Crippen LogP contribution in [0.25, 0.3) is 10.1 Å². The van der Waals surface area contributed by atoms with Crippen molar-refractivity contribution < 1.29 is 8.42 Å². The number of thiophene rings is 1. The number of fused-ring (bicyclic) bond motifs is 1. The minimum absolute atomic E-state index is 0.235. The van der Waals surface area contributed by atoms with Gasteiger partial charge in [-0.25, -0.2) is 13.1 Å². The standard InChI is InChI=1S/C24H23NO2S2/c1-18-11-13-22(14-12-18)29(26,27)25-21(15-19-7-3-2-4-8-19)16-20-17-28-24-10-6-5-9-23(20)24/h2-14,17,21,25H,15-16H2,1H3. The largest absolute Gasteiger partial charge is 0.240 e. The summed E-state index contributed by atoms with van der Waals surface area (Å²) < 4.78 is 30.2. The molecule has 3 aromatic carbocycles. The first-order chi connectivity index (χ1) is 14.0. The molecule has 0 fully saturated rings. The van der Waals surface area contributed by atoms with Crippen LogP contribution in [-0.2, 0) is 22.9 Å². The van der Waals surface area contributed by atoms with Crippen molar-refractivity contribution in [3.63, 3.8) is 0 Å². The highest BCUT2D eigenvalue weighted by Gasteiger charge is 2.22. The second kappa shape index (κ2) is 8.49. The van der Waals surface area contributed by atoms with E-state index in [1.54, 1.807) is 23.5 Å². The Kier molecular flexibility index (Phi) is 5.81. The summed E-state index contributed by atoms with van der Waals surface area (Å²) in [7, 11) is -3.60. The van der Waals surface area contributed by atoms with Gasteiger partial charge in [-0.15, -0.1) is 11.3 Å². The molecule has 3 nitrogen and oxygen atoms in total. The zero-order chi connectivity index (χ0) is 20.3. The van der Waals surface area contributed by atoms with Gasteiger partial charge in [-0.3, -0.25) is 0 Å². The molecule has 4 aromatic rings. The normalized spacial score (nSPS) is 12.9. The molecule has 0 radical (unpaired) electrons. The molecule has 0 spiro atoms. The lowest BCUT2D eigenvalue weighted by atomic mass is 9.99. The van der Waals surface area contributed by atoms with Gasteiger partial charge in [0.05, 0.1) is 4.90 Å². The van der Waals surface area contributed by atoms with E-state index in [1.807, 2.05) is 61.5 Å². The van der Waals surface area contributed by atoms with Crippen LogP contribution in [0.4, 0.5) is 0 Å². The third kappa shape index (κ3) is 4.75. The zero-order valence-corrected chi connectivity index (χ0v) is 17.8. The summed E-state index contributed by atoms with van der Waals surface area (Å²) in [6, 6.07) is 25.0. The highest BCUT2D eigenvalue weighted by Crippen LogP contribution is 2.27. The molecule has 29 heavy (non-hydrogen) atoms. The van der Waals surface area contributed by atoms with Crippen LogP contribution in [-0.4, -0.2) is 14.5 Å². The van der Waals surface area contributed by atoms with Crippen LogP contribution in [0.1, 0.15) is 16.7 Å². The van der Waals surface area contributed by atoms with Crippen LogP contribution in [0.15, 0.2) is 89.1 Å². The van der Waals surface area contributed by atoms with E-state index in [-0.39, 0.29) is 6.04 Å². The maximum absolute atomic E-state index is 13.0. The van der Waals surface area contributed by atoms with E-state index in [0.29, 0.717) is 17.7 Å². The highest BCUT2D eigenvalue weighted by molar-refractivity contribution is 7.89. The molecule has 1 aromatic heterocycles. The molecule has 0 saturated carbocycles. The molecular weight excluding hydrogens is 398 g/mol. The van der Waals surface area contributed by atoms with Crippen molar-refractivity contribution in [2.45, 2.75) is 30.7 Å². The van der Waals surface area contributed by atoms with Crippen molar-refractivity contribution in [3.8, 4) is 0 Å². The van der Waals surface area contributed by atoms with E-state index >= 15 is 0 Å². The molecule has 0 aliphatic heterocycles. The first-order valence-corrected chi connectivity index (χ1v) is 12.0. The van der Waals surface area contributed by atoms with Crippen LogP contribution in [0.2, 0.25) is 0 Å². The third-order valence-electron chi connectivity index (χ3n) is 5.01. The van der Waals surface area contributed by atoms with Crippen molar-refractivity contribution in [1.29, 1.82) is 0 Å². The lowest BCUT2D eigenvalue weighted by Gasteiger charge is -2.19. The molecule has 0 bridgehead atoms. The Hall–Kier alpha value is -2.47. The topological polar surface area (TPSA) is 46.2 Å².